The number of halogens is 1. The van der Waals surface area contributed by atoms with Gasteiger partial charge in [-0.2, -0.15) is 11.3 Å². The van der Waals surface area contributed by atoms with Crippen molar-refractivity contribution < 1.29 is 4.79 Å². The van der Waals surface area contributed by atoms with E-state index < -0.39 is 0 Å². The van der Waals surface area contributed by atoms with Gasteiger partial charge in [-0.15, -0.1) is 0 Å². The highest BCUT2D eigenvalue weighted by Crippen LogP contribution is 2.13. The van der Waals surface area contributed by atoms with Crippen LogP contribution in [0.1, 0.15) is 29.3 Å². The summed E-state index contributed by atoms with van der Waals surface area (Å²) in [7, 11) is 0. The molecule has 0 saturated heterocycles. The fraction of sp³-hybridized carbons (Fsp3) is 0.500. The summed E-state index contributed by atoms with van der Waals surface area (Å²) in [4.78, 5) is 11.7. The highest BCUT2D eigenvalue weighted by atomic mass is 79.9. The van der Waals surface area contributed by atoms with Crippen LogP contribution in [-0.2, 0) is 0 Å². The minimum atomic E-state index is 0.0391. The lowest BCUT2D eigenvalue weighted by atomic mass is 10.2. The second kappa shape index (κ2) is 5.51. The van der Waals surface area contributed by atoms with Gasteiger partial charge in [0.1, 0.15) is 0 Å². The molecule has 0 aliphatic heterocycles. The standard InChI is InChI=1S/C10H14BrNOS/c1-7-5-14-6-9(7)10(13)12-8(2)3-4-11/h5-6,8H,3-4H2,1-2H3,(H,12,13). The van der Waals surface area contributed by atoms with Crippen LogP contribution in [0, 0.1) is 6.92 Å². The fourth-order valence-electron chi connectivity index (χ4n) is 1.13. The predicted octanol–water partition coefficient (Wildman–Crippen LogP) is 2.96. The molecular formula is C10H14BrNOS. The van der Waals surface area contributed by atoms with Gasteiger partial charge in [0.2, 0.25) is 0 Å². The number of rotatable bonds is 4. The van der Waals surface area contributed by atoms with E-state index in [2.05, 4.69) is 21.2 Å². The van der Waals surface area contributed by atoms with Crippen molar-refractivity contribution in [2.45, 2.75) is 26.3 Å². The fourth-order valence-corrected chi connectivity index (χ4v) is 2.65. The number of alkyl halides is 1. The minimum Gasteiger partial charge on any atom is -0.350 e. The second-order valence-corrected chi connectivity index (χ2v) is 4.86. The lowest BCUT2D eigenvalue weighted by Crippen LogP contribution is -2.32. The van der Waals surface area contributed by atoms with Crippen LogP contribution < -0.4 is 5.32 Å². The summed E-state index contributed by atoms with van der Waals surface area (Å²) in [6.07, 6.45) is 0.953. The van der Waals surface area contributed by atoms with Crippen LogP contribution in [-0.4, -0.2) is 17.3 Å². The van der Waals surface area contributed by atoms with Crippen molar-refractivity contribution in [3.63, 3.8) is 0 Å². The first kappa shape index (κ1) is 11.7. The van der Waals surface area contributed by atoms with E-state index in [1.165, 1.54) is 0 Å². The number of carbonyl (C=O) groups is 1. The van der Waals surface area contributed by atoms with Crippen LogP contribution in [0.3, 0.4) is 0 Å². The van der Waals surface area contributed by atoms with E-state index in [9.17, 15) is 4.79 Å². The highest BCUT2D eigenvalue weighted by Gasteiger charge is 2.11. The molecule has 0 aromatic carbocycles. The molecule has 2 nitrogen and oxygen atoms in total. The zero-order valence-electron chi connectivity index (χ0n) is 8.34. The van der Waals surface area contributed by atoms with E-state index in [4.69, 9.17) is 0 Å². The van der Waals surface area contributed by atoms with Crippen molar-refractivity contribution in [2.75, 3.05) is 5.33 Å². The minimum absolute atomic E-state index is 0.0391. The molecular weight excluding hydrogens is 262 g/mol. The number of hydrogen-bond acceptors (Lipinski definition) is 2. The maximum absolute atomic E-state index is 11.7. The normalized spacial score (nSPS) is 12.5. The lowest BCUT2D eigenvalue weighted by molar-refractivity contribution is 0.0939. The molecule has 1 atom stereocenters. The summed E-state index contributed by atoms with van der Waals surface area (Å²) >= 11 is 4.92. The molecule has 0 spiro atoms. The van der Waals surface area contributed by atoms with E-state index in [-0.39, 0.29) is 11.9 Å². The maximum Gasteiger partial charge on any atom is 0.252 e. The molecule has 0 bridgehead atoms. The quantitative estimate of drug-likeness (QED) is 0.842. The molecule has 78 valence electrons. The Kier molecular flexibility index (Phi) is 4.62. The summed E-state index contributed by atoms with van der Waals surface area (Å²) < 4.78 is 0. The number of carbonyl (C=O) groups excluding carboxylic acids is 1. The average molecular weight is 276 g/mol. The Morgan fingerprint density at radius 2 is 2.36 bits per heavy atom. The lowest BCUT2D eigenvalue weighted by Gasteiger charge is -2.11. The van der Waals surface area contributed by atoms with Gasteiger partial charge in [-0.1, -0.05) is 15.9 Å². The van der Waals surface area contributed by atoms with Gasteiger partial charge in [0, 0.05) is 16.8 Å². The number of amides is 1. The number of thiophene rings is 1. The SMILES string of the molecule is Cc1cscc1C(=O)NC(C)CCBr. The first-order valence-electron chi connectivity index (χ1n) is 4.54. The molecule has 1 aromatic rings. The molecule has 0 aliphatic carbocycles. The zero-order chi connectivity index (χ0) is 10.6. The zero-order valence-corrected chi connectivity index (χ0v) is 10.7. The molecule has 1 unspecified atom stereocenters. The monoisotopic (exact) mass is 275 g/mol. The molecule has 0 radical (unpaired) electrons. The van der Waals surface area contributed by atoms with Gasteiger partial charge in [0.05, 0.1) is 5.56 Å². The van der Waals surface area contributed by atoms with E-state index in [0.29, 0.717) is 0 Å². The van der Waals surface area contributed by atoms with E-state index in [1.54, 1.807) is 11.3 Å². The van der Waals surface area contributed by atoms with Gasteiger partial charge in [0.15, 0.2) is 0 Å². The Morgan fingerprint density at radius 3 is 2.86 bits per heavy atom. The summed E-state index contributed by atoms with van der Waals surface area (Å²) in [5.74, 6) is 0.0391. The molecule has 14 heavy (non-hydrogen) atoms. The number of nitrogens with one attached hydrogen (secondary N) is 1. The molecule has 0 saturated carbocycles. The number of hydrogen-bond donors (Lipinski definition) is 1. The smallest absolute Gasteiger partial charge is 0.252 e. The number of aryl methyl sites for hydroxylation is 1. The molecule has 1 rings (SSSR count). The first-order chi connectivity index (χ1) is 6.65. The van der Waals surface area contributed by atoms with Crippen molar-refractivity contribution in [1.82, 2.24) is 5.32 Å². The van der Waals surface area contributed by atoms with Gasteiger partial charge >= 0.3 is 0 Å². The van der Waals surface area contributed by atoms with Gasteiger partial charge in [-0.25, -0.2) is 0 Å². The molecule has 4 heteroatoms. The molecule has 1 amide bonds. The highest BCUT2D eigenvalue weighted by molar-refractivity contribution is 9.09. The van der Waals surface area contributed by atoms with Gasteiger partial charge in [-0.3, -0.25) is 4.79 Å². The van der Waals surface area contributed by atoms with Crippen molar-refractivity contribution in [3.05, 3.63) is 21.9 Å². The van der Waals surface area contributed by atoms with E-state index in [1.807, 2.05) is 24.6 Å². The average Bonchev–Trinajstić information content (AvgIpc) is 2.51. The van der Waals surface area contributed by atoms with Crippen LogP contribution in [0.4, 0.5) is 0 Å². The van der Waals surface area contributed by atoms with Gasteiger partial charge in [0.25, 0.3) is 5.91 Å². The molecule has 1 aromatic heterocycles. The van der Waals surface area contributed by atoms with Crippen LogP contribution >= 0.6 is 27.3 Å². The third-order valence-corrected chi connectivity index (χ3v) is 3.34. The first-order valence-corrected chi connectivity index (χ1v) is 6.61. The molecule has 0 aliphatic rings. The summed E-state index contributed by atoms with van der Waals surface area (Å²) in [6, 6.07) is 0.223. The van der Waals surface area contributed by atoms with Crippen LogP contribution in [0.2, 0.25) is 0 Å². The Morgan fingerprint density at radius 1 is 1.64 bits per heavy atom. The Bertz CT molecular complexity index is 311. The largest absolute Gasteiger partial charge is 0.350 e. The van der Waals surface area contributed by atoms with Crippen molar-refractivity contribution in [3.8, 4) is 0 Å². The van der Waals surface area contributed by atoms with Crippen molar-refractivity contribution >= 4 is 33.2 Å². The van der Waals surface area contributed by atoms with Crippen LogP contribution in [0.15, 0.2) is 10.8 Å². The van der Waals surface area contributed by atoms with E-state index >= 15 is 0 Å². The summed E-state index contributed by atoms with van der Waals surface area (Å²) in [5, 5.41) is 7.76. The van der Waals surface area contributed by atoms with Crippen LogP contribution in [0.25, 0.3) is 0 Å². The summed E-state index contributed by atoms with van der Waals surface area (Å²) in [5.41, 5.74) is 1.86. The Labute approximate surface area is 96.8 Å². The molecule has 0 fully saturated rings. The van der Waals surface area contributed by atoms with Gasteiger partial charge in [-0.05, 0) is 31.2 Å². The van der Waals surface area contributed by atoms with Crippen molar-refractivity contribution in [1.29, 1.82) is 0 Å². The molecule has 1 N–H and O–H groups in total. The van der Waals surface area contributed by atoms with Gasteiger partial charge < -0.3 is 5.32 Å². The Hall–Kier alpha value is -0.350. The third kappa shape index (κ3) is 3.10. The van der Waals surface area contributed by atoms with Crippen LogP contribution in [0.5, 0.6) is 0 Å². The maximum atomic E-state index is 11.7. The van der Waals surface area contributed by atoms with E-state index in [0.717, 1.165) is 22.9 Å². The third-order valence-electron chi connectivity index (χ3n) is 2.02. The topological polar surface area (TPSA) is 29.1 Å². The second-order valence-electron chi connectivity index (χ2n) is 3.32. The molecule has 1 heterocycles. The van der Waals surface area contributed by atoms with Crippen molar-refractivity contribution in [2.24, 2.45) is 0 Å². The predicted molar refractivity (Wildman–Crippen MR) is 64.4 cm³/mol. The summed E-state index contributed by atoms with van der Waals surface area (Å²) in [6.45, 7) is 3.97. The Balaban J connectivity index is 2.55.